The molecular formula is C42H42N4O. The van der Waals surface area contributed by atoms with E-state index in [1.54, 1.807) is 0 Å². The van der Waals surface area contributed by atoms with Crippen LogP contribution in [0.2, 0.25) is 0 Å². The van der Waals surface area contributed by atoms with Gasteiger partial charge >= 0.3 is 0 Å². The van der Waals surface area contributed by atoms with Gasteiger partial charge in [0, 0.05) is 40.4 Å². The van der Waals surface area contributed by atoms with Crippen LogP contribution in [0.25, 0.3) is 44.4 Å². The van der Waals surface area contributed by atoms with Crippen molar-refractivity contribution in [1.82, 2.24) is 19.3 Å². The predicted molar refractivity (Wildman–Crippen MR) is 194 cm³/mol. The second-order valence-electron chi connectivity index (χ2n) is 12.6. The van der Waals surface area contributed by atoms with Crippen molar-refractivity contribution in [1.29, 1.82) is 0 Å². The first-order valence-corrected chi connectivity index (χ1v) is 16.9. The monoisotopic (exact) mass is 618 g/mol. The molecule has 0 radical (unpaired) electrons. The van der Waals surface area contributed by atoms with Crippen LogP contribution in [0, 0.1) is 13.8 Å². The van der Waals surface area contributed by atoms with E-state index >= 15 is 0 Å². The van der Waals surface area contributed by atoms with Crippen LogP contribution in [0.3, 0.4) is 0 Å². The van der Waals surface area contributed by atoms with Crippen molar-refractivity contribution in [3.05, 3.63) is 132 Å². The van der Waals surface area contributed by atoms with Gasteiger partial charge in [0.2, 0.25) is 0 Å². The van der Waals surface area contributed by atoms with Crippen LogP contribution in [0.4, 0.5) is 0 Å². The largest absolute Gasteiger partial charge is 0.457 e. The zero-order valence-corrected chi connectivity index (χ0v) is 28.0. The first-order chi connectivity index (χ1) is 22.9. The number of unbranched alkanes of at least 4 members (excludes halogenated alkanes) is 1. The van der Waals surface area contributed by atoms with Crippen LogP contribution in [-0.4, -0.2) is 19.3 Å². The minimum atomic E-state index is 0.495. The Morgan fingerprint density at radius 1 is 0.766 bits per heavy atom. The van der Waals surface area contributed by atoms with Crippen molar-refractivity contribution in [2.75, 3.05) is 0 Å². The quantitative estimate of drug-likeness (QED) is 0.153. The summed E-state index contributed by atoms with van der Waals surface area (Å²) in [7, 11) is 0. The second kappa shape index (κ2) is 12.9. The van der Waals surface area contributed by atoms with Gasteiger partial charge in [-0.15, -0.1) is 0 Å². The van der Waals surface area contributed by atoms with Crippen molar-refractivity contribution in [3.8, 4) is 34.1 Å². The minimum absolute atomic E-state index is 0.495. The maximum Gasteiger partial charge on any atom is 0.137 e. The van der Waals surface area contributed by atoms with Crippen LogP contribution >= 0.6 is 0 Å². The molecule has 0 spiro atoms. The molecule has 1 unspecified atom stereocenters. The average Bonchev–Trinajstić information content (AvgIpc) is 3.59. The molecule has 4 aromatic carbocycles. The van der Waals surface area contributed by atoms with Crippen LogP contribution in [-0.2, 0) is 6.42 Å². The zero-order valence-electron chi connectivity index (χ0n) is 28.0. The molecule has 0 N–H and O–H groups in total. The highest BCUT2D eigenvalue weighted by atomic mass is 16.5. The molecule has 0 bridgehead atoms. The van der Waals surface area contributed by atoms with E-state index < -0.39 is 0 Å². The first-order valence-electron chi connectivity index (χ1n) is 16.9. The van der Waals surface area contributed by atoms with Gasteiger partial charge in [-0.3, -0.25) is 4.57 Å². The Labute approximate surface area is 277 Å². The molecular weight excluding hydrogens is 576 g/mol. The fourth-order valence-corrected chi connectivity index (χ4v) is 6.72. The molecule has 3 heterocycles. The molecule has 5 heteroatoms. The summed E-state index contributed by atoms with van der Waals surface area (Å²) in [6.45, 7) is 11.0. The fourth-order valence-electron chi connectivity index (χ4n) is 6.72. The number of fused-ring (bicyclic) bond motifs is 3. The smallest absolute Gasteiger partial charge is 0.137 e. The van der Waals surface area contributed by atoms with Crippen molar-refractivity contribution < 1.29 is 4.74 Å². The molecule has 0 aliphatic heterocycles. The molecule has 0 saturated carbocycles. The topological polar surface area (TPSA) is 44.9 Å². The molecule has 47 heavy (non-hydrogen) atoms. The summed E-state index contributed by atoms with van der Waals surface area (Å²) >= 11 is 0. The number of aryl methyl sites for hydroxylation is 2. The van der Waals surface area contributed by atoms with Gasteiger partial charge in [0.15, 0.2) is 0 Å². The Hall–Kier alpha value is -5.16. The summed E-state index contributed by atoms with van der Waals surface area (Å²) in [6.07, 6.45) is 6.43. The number of rotatable bonds is 10. The molecule has 1 atom stereocenters. The van der Waals surface area contributed by atoms with E-state index in [0.717, 1.165) is 64.7 Å². The maximum atomic E-state index is 6.58. The lowest BCUT2D eigenvalue weighted by molar-refractivity contribution is 0.482. The number of aromatic nitrogens is 4. The number of ether oxygens (including phenoxy) is 1. The standard InChI is InChI=1S/C42H42N4O/c1-6-8-13-31-22-23-43-41(24-31)45-39-21-18-33(28(3)7-2)25-38(39)37-20-19-36(27-40(37)45)47-35-17-12-16-34(26-35)46-30(5)42(29(4)44-46)32-14-10-9-11-15-32/h9-12,14-28H,6-8,13H2,1-5H3. The number of pyridine rings is 1. The van der Waals surface area contributed by atoms with Gasteiger partial charge in [-0.25, -0.2) is 9.67 Å². The summed E-state index contributed by atoms with van der Waals surface area (Å²) in [4.78, 5) is 4.87. The van der Waals surface area contributed by atoms with Crippen LogP contribution in [0.15, 0.2) is 109 Å². The van der Waals surface area contributed by atoms with Crippen molar-refractivity contribution in [3.63, 3.8) is 0 Å². The van der Waals surface area contributed by atoms with Gasteiger partial charge in [-0.2, -0.15) is 5.10 Å². The SMILES string of the molecule is CCCCc1ccnc(-n2c3ccc(C(C)CC)cc3c3ccc(Oc4cccc(-n5nc(C)c(-c6ccccc6)c5C)c4)cc32)c1. The third-order valence-electron chi connectivity index (χ3n) is 9.45. The highest BCUT2D eigenvalue weighted by molar-refractivity contribution is 6.09. The van der Waals surface area contributed by atoms with Gasteiger partial charge in [0.25, 0.3) is 0 Å². The third kappa shape index (κ3) is 5.83. The van der Waals surface area contributed by atoms with E-state index in [-0.39, 0.29) is 0 Å². The average molecular weight is 619 g/mol. The van der Waals surface area contributed by atoms with Crippen molar-refractivity contribution in [2.24, 2.45) is 0 Å². The van der Waals surface area contributed by atoms with Crippen LogP contribution in [0.5, 0.6) is 11.5 Å². The molecule has 3 aromatic heterocycles. The molecule has 0 fully saturated rings. The summed E-state index contributed by atoms with van der Waals surface area (Å²) in [5.41, 5.74) is 10.3. The van der Waals surface area contributed by atoms with E-state index in [2.05, 4.69) is 124 Å². The molecule has 236 valence electrons. The number of nitrogens with zero attached hydrogens (tertiary/aromatic N) is 4. The van der Waals surface area contributed by atoms with Gasteiger partial charge < -0.3 is 4.74 Å². The lowest BCUT2D eigenvalue weighted by Gasteiger charge is -2.12. The van der Waals surface area contributed by atoms with E-state index in [1.807, 2.05) is 29.1 Å². The summed E-state index contributed by atoms with van der Waals surface area (Å²) in [5, 5.41) is 7.36. The van der Waals surface area contributed by atoms with E-state index in [0.29, 0.717) is 5.92 Å². The first kappa shape index (κ1) is 30.5. The molecule has 5 nitrogen and oxygen atoms in total. The van der Waals surface area contributed by atoms with E-state index in [9.17, 15) is 0 Å². The summed E-state index contributed by atoms with van der Waals surface area (Å²) in [5.74, 6) is 2.97. The predicted octanol–water partition coefficient (Wildman–Crippen LogP) is 11.3. The Bertz CT molecular complexity index is 2190. The summed E-state index contributed by atoms with van der Waals surface area (Å²) in [6, 6.07) is 36.3. The number of benzene rings is 4. The Morgan fingerprint density at radius 2 is 1.60 bits per heavy atom. The molecule has 7 rings (SSSR count). The zero-order chi connectivity index (χ0) is 32.5. The van der Waals surface area contributed by atoms with Crippen LogP contribution in [0.1, 0.15) is 68.5 Å². The van der Waals surface area contributed by atoms with Gasteiger partial charge in [0.05, 0.1) is 22.4 Å². The fraction of sp³-hybridized carbons (Fsp3) is 0.238. The van der Waals surface area contributed by atoms with Crippen molar-refractivity contribution in [2.45, 2.75) is 66.2 Å². The molecule has 0 aliphatic carbocycles. The Morgan fingerprint density at radius 3 is 2.40 bits per heavy atom. The normalized spacial score (nSPS) is 12.2. The second-order valence-corrected chi connectivity index (χ2v) is 12.6. The molecule has 0 aliphatic rings. The highest BCUT2D eigenvalue weighted by Gasteiger charge is 2.18. The lowest BCUT2D eigenvalue weighted by atomic mass is 9.97. The third-order valence-corrected chi connectivity index (χ3v) is 9.45. The van der Waals surface area contributed by atoms with Gasteiger partial charge in [-0.05, 0) is 104 Å². The minimum Gasteiger partial charge on any atom is -0.457 e. The maximum absolute atomic E-state index is 6.58. The Kier molecular flexibility index (Phi) is 8.38. The lowest BCUT2D eigenvalue weighted by Crippen LogP contribution is -2.00. The van der Waals surface area contributed by atoms with E-state index in [4.69, 9.17) is 14.8 Å². The Balaban J connectivity index is 1.30. The number of hydrogen-bond donors (Lipinski definition) is 0. The van der Waals surface area contributed by atoms with Crippen LogP contribution < -0.4 is 4.74 Å². The van der Waals surface area contributed by atoms with Gasteiger partial charge in [-0.1, -0.05) is 69.7 Å². The van der Waals surface area contributed by atoms with E-state index in [1.165, 1.54) is 39.4 Å². The van der Waals surface area contributed by atoms with Crippen molar-refractivity contribution >= 4 is 21.8 Å². The molecule has 0 amide bonds. The highest BCUT2D eigenvalue weighted by Crippen LogP contribution is 2.37. The van der Waals surface area contributed by atoms with Gasteiger partial charge in [0.1, 0.15) is 17.3 Å². The number of hydrogen-bond acceptors (Lipinski definition) is 3. The molecule has 7 aromatic rings. The molecule has 0 saturated heterocycles. The summed E-state index contributed by atoms with van der Waals surface area (Å²) < 4.78 is 10.9.